The van der Waals surface area contributed by atoms with Gasteiger partial charge in [0.2, 0.25) is 5.78 Å². The molecule has 0 radical (unpaired) electrons. The number of aromatic nitrogens is 2. The van der Waals surface area contributed by atoms with Gasteiger partial charge in [0.15, 0.2) is 0 Å². The van der Waals surface area contributed by atoms with E-state index in [4.69, 9.17) is 11.5 Å². The van der Waals surface area contributed by atoms with Crippen LogP contribution in [-0.2, 0) is 0 Å². The molecule has 0 amide bonds. The first-order valence-corrected chi connectivity index (χ1v) is 9.71. The Morgan fingerprint density at radius 3 is 2.69 bits per heavy atom. The molecule has 4 rings (SSSR count). The van der Waals surface area contributed by atoms with Gasteiger partial charge in [-0.2, -0.15) is 0 Å². The zero-order chi connectivity index (χ0) is 20.2. The Hall–Kier alpha value is -3.45. The molecule has 1 aliphatic rings. The number of anilines is 3. The fraction of sp³-hybridized carbons (Fsp3) is 0.227. The van der Waals surface area contributed by atoms with Gasteiger partial charge in [-0.3, -0.25) is 4.79 Å². The zero-order valence-electron chi connectivity index (χ0n) is 16.1. The third-order valence-corrected chi connectivity index (χ3v) is 5.04. The summed E-state index contributed by atoms with van der Waals surface area (Å²) < 4.78 is 0. The highest BCUT2D eigenvalue weighted by atomic mass is 16.1. The molecule has 1 aliphatic heterocycles. The molecule has 158 valence electrons. The summed E-state index contributed by atoms with van der Waals surface area (Å²) >= 11 is 0. The van der Waals surface area contributed by atoms with Gasteiger partial charge in [-0.05, 0) is 48.9 Å². The second-order valence-corrected chi connectivity index (χ2v) is 7.08. The lowest BCUT2D eigenvalue weighted by Crippen LogP contribution is -2.29. The van der Waals surface area contributed by atoms with E-state index >= 15 is 0 Å². The van der Waals surface area contributed by atoms with E-state index in [-0.39, 0.29) is 18.7 Å². The number of benzene rings is 1. The third-order valence-electron chi connectivity index (χ3n) is 5.04. The van der Waals surface area contributed by atoms with Gasteiger partial charge >= 0.3 is 0 Å². The molecule has 29 heavy (non-hydrogen) atoms. The first-order chi connectivity index (χ1) is 14.1. The van der Waals surface area contributed by atoms with Crippen LogP contribution in [0.4, 0.5) is 17.3 Å². The molecule has 7 heteroatoms. The Bertz CT molecular complexity index is 1030. The van der Waals surface area contributed by atoms with Crippen LogP contribution in [0.1, 0.15) is 29.6 Å². The number of carbonyl (C=O) groups is 1. The molecule has 0 spiro atoms. The summed E-state index contributed by atoms with van der Waals surface area (Å²) in [4.78, 5) is 24.2. The Morgan fingerprint density at radius 2 is 1.86 bits per heavy atom. The van der Waals surface area contributed by atoms with Crippen LogP contribution in [0.5, 0.6) is 0 Å². The van der Waals surface area contributed by atoms with Crippen molar-refractivity contribution in [2.24, 2.45) is 0 Å². The topological polar surface area (TPSA) is 110 Å². The molecule has 7 nitrogen and oxygen atoms in total. The molecule has 3 heterocycles. The lowest BCUT2D eigenvalue weighted by atomic mass is 10.0. The van der Waals surface area contributed by atoms with Crippen molar-refractivity contribution in [3.63, 3.8) is 0 Å². The average Bonchev–Trinajstić information content (AvgIpc) is 3.04. The van der Waals surface area contributed by atoms with Crippen molar-refractivity contribution in [3.05, 3.63) is 66.0 Å². The standard InChI is InChI=1S/C22H24N6O.5H2/c23-17-7-5-15(6-8-17)16-13-18(22(24)26-14-16)21(29)19-3-1-4-20(27-19)28-11-2-9-25-10-12-28;;;;;/h1,3-8,13-14,25H,2,9-12,23H2,(H2,24,26);5*1H. The molecule has 2 aromatic heterocycles. The Kier molecular flexibility index (Phi) is 5.39. The number of nitrogens with zero attached hydrogens (tertiary/aromatic N) is 3. The van der Waals surface area contributed by atoms with Gasteiger partial charge in [0.25, 0.3) is 0 Å². The van der Waals surface area contributed by atoms with E-state index < -0.39 is 0 Å². The molecule has 0 unspecified atom stereocenters. The molecule has 5 N–H and O–H groups in total. The average molecular weight is 399 g/mol. The van der Waals surface area contributed by atoms with Crippen LogP contribution in [-0.4, -0.2) is 41.9 Å². The van der Waals surface area contributed by atoms with Crippen LogP contribution in [0.15, 0.2) is 54.7 Å². The van der Waals surface area contributed by atoms with E-state index in [2.05, 4.69) is 20.2 Å². The lowest BCUT2D eigenvalue weighted by molar-refractivity contribution is 0.103. The number of nitrogens with two attached hydrogens (primary N) is 2. The number of nitrogens with one attached hydrogen (secondary N) is 1. The van der Waals surface area contributed by atoms with E-state index in [9.17, 15) is 4.79 Å². The van der Waals surface area contributed by atoms with Crippen molar-refractivity contribution in [1.29, 1.82) is 0 Å². The molecule has 1 saturated heterocycles. The van der Waals surface area contributed by atoms with E-state index in [0.29, 0.717) is 16.9 Å². The molecule has 0 aliphatic carbocycles. The van der Waals surface area contributed by atoms with E-state index in [0.717, 1.165) is 49.5 Å². The fourth-order valence-electron chi connectivity index (χ4n) is 3.43. The van der Waals surface area contributed by atoms with Crippen LogP contribution in [0.25, 0.3) is 11.1 Å². The summed E-state index contributed by atoms with van der Waals surface area (Å²) in [5.41, 5.74) is 14.9. The van der Waals surface area contributed by atoms with Crippen molar-refractivity contribution in [2.45, 2.75) is 6.42 Å². The third kappa shape index (κ3) is 4.20. The maximum absolute atomic E-state index is 13.2. The van der Waals surface area contributed by atoms with Gasteiger partial charge in [-0.15, -0.1) is 0 Å². The number of carbonyl (C=O) groups excluding carboxylic acids is 1. The van der Waals surface area contributed by atoms with Crippen molar-refractivity contribution < 1.29 is 11.9 Å². The van der Waals surface area contributed by atoms with Crippen molar-refractivity contribution in [2.75, 3.05) is 42.5 Å². The number of pyridine rings is 2. The molecule has 0 atom stereocenters. The minimum absolute atomic E-state index is 0. The van der Waals surface area contributed by atoms with Gasteiger partial charge in [0, 0.05) is 44.2 Å². The second-order valence-electron chi connectivity index (χ2n) is 7.08. The van der Waals surface area contributed by atoms with Gasteiger partial charge < -0.3 is 21.7 Å². The van der Waals surface area contributed by atoms with Crippen molar-refractivity contribution in [3.8, 4) is 11.1 Å². The van der Waals surface area contributed by atoms with E-state index in [1.165, 1.54) is 0 Å². The molecular formula is C22H34N6O. The molecule has 3 aromatic rings. The summed E-state index contributed by atoms with van der Waals surface area (Å²) in [6, 6.07) is 14.7. The van der Waals surface area contributed by atoms with E-state index in [1.54, 1.807) is 18.3 Å². The largest absolute Gasteiger partial charge is 0.399 e. The smallest absolute Gasteiger partial charge is 0.215 e. The normalized spacial score (nSPS) is 14.4. The molecule has 1 aromatic carbocycles. The highest BCUT2D eigenvalue weighted by Crippen LogP contribution is 2.25. The molecule has 0 bridgehead atoms. The maximum atomic E-state index is 13.2. The first kappa shape index (κ1) is 18.9. The monoisotopic (exact) mass is 398 g/mol. The van der Waals surface area contributed by atoms with Gasteiger partial charge in [0.05, 0.1) is 5.56 Å². The van der Waals surface area contributed by atoms with E-state index in [1.807, 2.05) is 36.4 Å². The Morgan fingerprint density at radius 1 is 1.03 bits per heavy atom. The summed E-state index contributed by atoms with van der Waals surface area (Å²) in [5, 5.41) is 3.37. The first-order valence-electron chi connectivity index (χ1n) is 9.71. The summed E-state index contributed by atoms with van der Waals surface area (Å²) in [7, 11) is 0. The number of rotatable bonds is 4. The van der Waals surface area contributed by atoms with Crippen molar-refractivity contribution >= 4 is 23.1 Å². The summed E-state index contributed by atoms with van der Waals surface area (Å²) in [6.07, 6.45) is 2.70. The highest BCUT2D eigenvalue weighted by Gasteiger charge is 2.18. The number of ketones is 1. The SMILES string of the molecule is Nc1ccc(-c2cnc(N)c(C(=O)c3cccc(N4CCCNCC4)n3)c2)cc1.[HH].[HH].[HH].[HH].[HH]. The zero-order valence-corrected chi connectivity index (χ0v) is 16.1. The predicted octanol–water partition coefficient (Wildman–Crippen LogP) is 3.57. The predicted molar refractivity (Wildman–Crippen MR) is 126 cm³/mol. The van der Waals surface area contributed by atoms with Crippen LogP contribution < -0.4 is 21.7 Å². The van der Waals surface area contributed by atoms with Crippen LogP contribution in [0, 0.1) is 0 Å². The van der Waals surface area contributed by atoms with Crippen LogP contribution in [0.2, 0.25) is 0 Å². The summed E-state index contributed by atoms with van der Waals surface area (Å²) in [5.74, 6) is 0.767. The van der Waals surface area contributed by atoms with Gasteiger partial charge in [-0.25, -0.2) is 9.97 Å². The molecule has 0 saturated carbocycles. The summed E-state index contributed by atoms with van der Waals surface area (Å²) in [6.45, 7) is 3.67. The van der Waals surface area contributed by atoms with Crippen molar-refractivity contribution in [1.82, 2.24) is 15.3 Å². The van der Waals surface area contributed by atoms with Crippen LogP contribution in [0.3, 0.4) is 0 Å². The Labute approximate surface area is 177 Å². The van der Waals surface area contributed by atoms with Crippen LogP contribution >= 0.6 is 0 Å². The molecular weight excluding hydrogens is 364 g/mol. The number of nitrogen functional groups attached to an aromatic ring is 2. The second kappa shape index (κ2) is 8.28. The van der Waals surface area contributed by atoms with Gasteiger partial charge in [-0.1, -0.05) is 18.2 Å². The quantitative estimate of drug-likeness (QED) is 0.455. The molecule has 1 fully saturated rings. The lowest BCUT2D eigenvalue weighted by Gasteiger charge is -2.21. The Balaban J connectivity index is 0. The number of hydrogen-bond donors (Lipinski definition) is 3. The fourth-order valence-corrected chi connectivity index (χ4v) is 3.43. The number of hydrogen-bond acceptors (Lipinski definition) is 7. The minimum Gasteiger partial charge on any atom is -0.399 e. The minimum atomic E-state index is -0.234. The highest BCUT2D eigenvalue weighted by molar-refractivity contribution is 6.11. The van der Waals surface area contributed by atoms with Gasteiger partial charge in [0.1, 0.15) is 17.3 Å². The maximum Gasteiger partial charge on any atom is 0.215 e.